The lowest BCUT2D eigenvalue weighted by Crippen LogP contribution is -2.50. The Labute approximate surface area is 170 Å². The Morgan fingerprint density at radius 2 is 1.79 bits per heavy atom. The summed E-state index contributed by atoms with van der Waals surface area (Å²) in [6.07, 6.45) is 6.13. The van der Waals surface area contributed by atoms with Crippen LogP contribution in [-0.4, -0.2) is 32.0 Å². The summed E-state index contributed by atoms with van der Waals surface area (Å²) in [7, 11) is 5.00. The van der Waals surface area contributed by atoms with Crippen LogP contribution in [0.4, 0.5) is 0 Å². The Balaban J connectivity index is 2.59. The van der Waals surface area contributed by atoms with E-state index in [-0.39, 0.29) is 17.3 Å². The normalized spacial score (nSPS) is 24.1. The minimum atomic E-state index is -0.821. The quantitative estimate of drug-likeness (QED) is 0.594. The molecule has 1 N–H and O–H groups in total. The lowest BCUT2D eigenvalue weighted by Gasteiger charge is -2.50. The van der Waals surface area contributed by atoms with Crippen LogP contribution in [0.5, 0.6) is 17.2 Å². The summed E-state index contributed by atoms with van der Waals surface area (Å²) in [5.41, 5.74) is 1.15. The van der Waals surface area contributed by atoms with Gasteiger partial charge in [-0.3, -0.25) is 0 Å². The predicted molar refractivity (Wildman–Crippen MR) is 115 cm³/mol. The number of hydrogen-bond donors (Lipinski definition) is 1. The fraction of sp³-hybridized carbons (Fsp3) is 0.667. The highest BCUT2D eigenvalue weighted by molar-refractivity contribution is 5.60. The van der Waals surface area contributed by atoms with Crippen LogP contribution in [0.3, 0.4) is 0 Å². The van der Waals surface area contributed by atoms with Crippen molar-refractivity contribution in [3.63, 3.8) is 0 Å². The van der Waals surface area contributed by atoms with Crippen molar-refractivity contribution in [1.29, 1.82) is 0 Å². The number of allylic oxidation sites excluding steroid dienone is 1. The SMILES string of the molecule is C=CC[C@H]1C(C)(C)CCC[C@]1(O)Cc1cc(OC)c(C(C)C)c(OC)c1OC. The molecule has 0 bridgehead atoms. The summed E-state index contributed by atoms with van der Waals surface area (Å²) < 4.78 is 17.2. The van der Waals surface area contributed by atoms with Crippen molar-refractivity contribution >= 4 is 0 Å². The number of hydrogen-bond acceptors (Lipinski definition) is 4. The molecule has 0 aromatic heterocycles. The third-order valence-corrected chi connectivity index (χ3v) is 6.44. The van der Waals surface area contributed by atoms with Gasteiger partial charge in [0.2, 0.25) is 0 Å². The standard InChI is InChI=1S/C24H38O4/c1-9-11-19-23(4,5)12-10-13-24(19,25)15-17-14-18(26-6)20(16(2)3)22(28-8)21(17)27-7/h9,14,16,19,25H,1,10-13,15H2,2-8H3/t19-,24-/m0/s1. The van der Waals surface area contributed by atoms with E-state index in [0.29, 0.717) is 17.9 Å². The molecular formula is C24H38O4. The van der Waals surface area contributed by atoms with Crippen LogP contribution in [0.1, 0.15) is 70.4 Å². The zero-order valence-electron chi connectivity index (χ0n) is 18.7. The van der Waals surface area contributed by atoms with Crippen molar-refractivity contribution in [3.05, 3.63) is 29.8 Å². The molecule has 1 aliphatic carbocycles. The summed E-state index contributed by atoms with van der Waals surface area (Å²) in [5.74, 6) is 2.53. The number of benzene rings is 1. The van der Waals surface area contributed by atoms with Crippen molar-refractivity contribution in [2.24, 2.45) is 11.3 Å². The van der Waals surface area contributed by atoms with Crippen LogP contribution >= 0.6 is 0 Å². The van der Waals surface area contributed by atoms with Crippen LogP contribution in [0.25, 0.3) is 0 Å². The predicted octanol–water partition coefficient (Wildman–Crippen LogP) is 5.51. The Morgan fingerprint density at radius 1 is 1.14 bits per heavy atom. The van der Waals surface area contributed by atoms with Crippen LogP contribution in [-0.2, 0) is 6.42 Å². The highest BCUT2D eigenvalue weighted by Gasteiger charge is 2.48. The molecule has 0 heterocycles. The monoisotopic (exact) mass is 390 g/mol. The highest BCUT2D eigenvalue weighted by Crippen LogP contribution is 2.52. The van der Waals surface area contributed by atoms with E-state index in [1.807, 2.05) is 12.1 Å². The summed E-state index contributed by atoms with van der Waals surface area (Å²) in [5, 5.41) is 11.8. The van der Waals surface area contributed by atoms with E-state index in [0.717, 1.165) is 42.6 Å². The highest BCUT2D eigenvalue weighted by atomic mass is 16.5. The molecule has 4 heteroatoms. The topological polar surface area (TPSA) is 47.9 Å². The first-order valence-electron chi connectivity index (χ1n) is 10.3. The zero-order valence-corrected chi connectivity index (χ0v) is 18.7. The molecule has 1 aromatic carbocycles. The zero-order chi connectivity index (χ0) is 21.1. The van der Waals surface area contributed by atoms with Crippen LogP contribution < -0.4 is 14.2 Å². The Morgan fingerprint density at radius 3 is 2.29 bits per heavy atom. The van der Waals surface area contributed by atoms with Gasteiger partial charge < -0.3 is 19.3 Å². The fourth-order valence-electron chi connectivity index (χ4n) is 5.13. The van der Waals surface area contributed by atoms with Gasteiger partial charge in [0.25, 0.3) is 0 Å². The first-order chi connectivity index (χ1) is 13.1. The van der Waals surface area contributed by atoms with Gasteiger partial charge in [-0.2, -0.15) is 0 Å². The summed E-state index contributed by atoms with van der Waals surface area (Å²) in [6.45, 7) is 12.7. The van der Waals surface area contributed by atoms with Gasteiger partial charge in [0.1, 0.15) is 5.75 Å². The van der Waals surface area contributed by atoms with Crippen molar-refractivity contribution in [1.82, 2.24) is 0 Å². The fourth-order valence-corrected chi connectivity index (χ4v) is 5.13. The van der Waals surface area contributed by atoms with E-state index in [2.05, 4.69) is 34.3 Å². The second kappa shape index (κ2) is 8.77. The molecule has 1 aliphatic rings. The molecule has 1 aromatic rings. The van der Waals surface area contributed by atoms with Crippen molar-refractivity contribution in [2.75, 3.05) is 21.3 Å². The maximum absolute atomic E-state index is 11.8. The van der Waals surface area contributed by atoms with Crippen LogP contribution in [0.2, 0.25) is 0 Å². The smallest absolute Gasteiger partial charge is 0.168 e. The molecule has 28 heavy (non-hydrogen) atoms. The van der Waals surface area contributed by atoms with E-state index in [4.69, 9.17) is 14.2 Å². The molecule has 0 saturated heterocycles. The second-order valence-corrected chi connectivity index (χ2v) is 9.07. The molecule has 158 valence electrons. The van der Waals surface area contributed by atoms with Gasteiger partial charge in [0, 0.05) is 17.5 Å². The Bertz CT molecular complexity index is 692. The number of methoxy groups -OCH3 is 3. The van der Waals surface area contributed by atoms with Gasteiger partial charge in [-0.25, -0.2) is 0 Å². The van der Waals surface area contributed by atoms with Crippen molar-refractivity contribution < 1.29 is 19.3 Å². The molecule has 0 unspecified atom stereocenters. The molecule has 0 spiro atoms. The van der Waals surface area contributed by atoms with Gasteiger partial charge in [0.15, 0.2) is 11.5 Å². The molecular weight excluding hydrogens is 352 g/mol. The molecule has 0 amide bonds. The molecule has 0 radical (unpaired) electrons. The van der Waals surface area contributed by atoms with Gasteiger partial charge in [0.05, 0.1) is 26.9 Å². The lowest BCUT2D eigenvalue weighted by atomic mass is 9.58. The Kier molecular flexibility index (Phi) is 7.08. The minimum Gasteiger partial charge on any atom is -0.496 e. The average molecular weight is 391 g/mol. The molecule has 4 nitrogen and oxygen atoms in total. The third kappa shape index (κ3) is 4.17. The summed E-state index contributed by atoms with van der Waals surface area (Å²) >= 11 is 0. The number of rotatable bonds is 8. The molecule has 2 atom stereocenters. The van der Waals surface area contributed by atoms with Gasteiger partial charge in [-0.1, -0.05) is 40.2 Å². The van der Waals surface area contributed by atoms with Crippen LogP contribution in [0, 0.1) is 11.3 Å². The molecule has 1 saturated carbocycles. The molecule has 0 aliphatic heterocycles. The van der Waals surface area contributed by atoms with E-state index >= 15 is 0 Å². The Hall–Kier alpha value is -1.68. The molecule has 2 rings (SSSR count). The van der Waals surface area contributed by atoms with Gasteiger partial charge >= 0.3 is 0 Å². The average Bonchev–Trinajstić information content (AvgIpc) is 2.63. The van der Waals surface area contributed by atoms with Crippen LogP contribution in [0.15, 0.2) is 18.7 Å². The van der Waals surface area contributed by atoms with Crippen molar-refractivity contribution in [2.45, 2.75) is 71.3 Å². The lowest BCUT2D eigenvalue weighted by molar-refractivity contribution is -0.100. The van der Waals surface area contributed by atoms with Crippen molar-refractivity contribution in [3.8, 4) is 17.2 Å². The largest absolute Gasteiger partial charge is 0.496 e. The second-order valence-electron chi connectivity index (χ2n) is 9.07. The van der Waals surface area contributed by atoms with E-state index in [9.17, 15) is 5.11 Å². The van der Waals surface area contributed by atoms with Gasteiger partial charge in [-0.15, -0.1) is 6.58 Å². The molecule has 1 fully saturated rings. The third-order valence-electron chi connectivity index (χ3n) is 6.44. The van der Waals surface area contributed by atoms with E-state index in [1.165, 1.54) is 0 Å². The maximum Gasteiger partial charge on any atom is 0.168 e. The minimum absolute atomic E-state index is 0.0560. The van der Waals surface area contributed by atoms with Gasteiger partial charge in [-0.05, 0) is 42.6 Å². The number of aliphatic hydroxyl groups is 1. The summed E-state index contributed by atoms with van der Waals surface area (Å²) in [6, 6.07) is 2.02. The maximum atomic E-state index is 11.8. The first kappa shape index (κ1) is 22.6. The number of ether oxygens (including phenoxy) is 3. The summed E-state index contributed by atoms with van der Waals surface area (Å²) in [4.78, 5) is 0. The van der Waals surface area contributed by atoms with E-state index < -0.39 is 5.60 Å². The van der Waals surface area contributed by atoms with E-state index in [1.54, 1.807) is 21.3 Å². The first-order valence-corrected chi connectivity index (χ1v) is 10.3.